The van der Waals surface area contributed by atoms with Crippen molar-refractivity contribution in [2.75, 3.05) is 20.3 Å². The molecule has 0 radical (unpaired) electrons. The van der Waals surface area contributed by atoms with Gasteiger partial charge in [-0.05, 0) is 17.9 Å². The summed E-state index contributed by atoms with van der Waals surface area (Å²) >= 11 is 0. The Morgan fingerprint density at radius 2 is 2.00 bits per heavy atom. The van der Waals surface area contributed by atoms with Gasteiger partial charge >= 0.3 is 0 Å². The molecule has 0 unspecified atom stereocenters. The zero-order valence-corrected chi connectivity index (χ0v) is 7.48. The maximum atomic E-state index is 5.53. The van der Waals surface area contributed by atoms with Gasteiger partial charge in [-0.15, -0.1) is 0 Å². The zero-order valence-electron chi connectivity index (χ0n) is 7.48. The van der Waals surface area contributed by atoms with Gasteiger partial charge in [-0.25, -0.2) is 0 Å². The number of hydrogen-bond acceptors (Lipinski definition) is 2. The highest BCUT2D eigenvalue weighted by atomic mass is 16.5. The van der Waals surface area contributed by atoms with Crippen molar-refractivity contribution >= 4 is 0 Å². The Hall–Kier alpha value is -0.0800. The Bertz CT molecular complexity index is 91.3. The zero-order chi connectivity index (χ0) is 8.20. The normalized spacial score (nSPS) is 15.3. The molecule has 0 aliphatic carbocycles. The third kappa shape index (κ3) is 2.67. The van der Waals surface area contributed by atoms with E-state index in [-0.39, 0.29) is 5.41 Å². The first-order valence-corrected chi connectivity index (χ1v) is 3.73. The van der Waals surface area contributed by atoms with Crippen molar-refractivity contribution in [1.82, 2.24) is 0 Å². The fourth-order valence-corrected chi connectivity index (χ4v) is 0.833. The number of ether oxygens (including phenoxy) is 1. The van der Waals surface area contributed by atoms with Gasteiger partial charge in [-0.3, -0.25) is 0 Å². The standard InChI is InChI=1S/C8H19NO/c1-7(5-9)8(2,3)6-10-4/h7H,5-6,9H2,1-4H3/t7-/m1/s1. The first kappa shape index (κ1) is 9.92. The van der Waals surface area contributed by atoms with E-state index in [2.05, 4.69) is 20.8 Å². The minimum Gasteiger partial charge on any atom is -0.384 e. The molecule has 2 heteroatoms. The highest BCUT2D eigenvalue weighted by Crippen LogP contribution is 2.25. The van der Waals surface area contributed by atoms with Crippen molar-refractivity contribution in [2.24, 2.45) is 17.1 Å². The van der Waals surface area contributed by atoms with Crippen molar-refractivity contribution in [3.8, 4) is 0 Å². The smallest absolute Gasteiger partial charge is 0.0516 e. The Labute approximate surface area is 63.7 Å². The van der Waals surface area contributed by atoms with E-state index in [1.165, 1.54) is 0 Å². The molecule has 0 aromatic heterocycles. The van der Waals surface area contributed by atoms with Crippen molar-refractivity contribution < 1.29 is 4.74 Å². The second-order valence-corrected chi connectivity index (χ2v) is 3.56. The summed E-state index contributed by atoms with van der Waals surface area (Å²) in [5.41, 5.74) is 5.74. The molecule has 0 heterocycles. The van der Waals surface area contributed by atoms with Gasteiger partial charge in [-0.1, -0.05) is 20.8 Å². The van der Waals surface area contributed by atoms with Gasteiger partial charge in [-0.2, -0.15) is 0 Å². The molecule has 0 bridgehead atoms. The predicted molar refractivity (Wildman–Crippen MR) is 43.9 cm³/mol. The fourth-order valence-electron chi connectivity index (χ4n) is 0.833. The third-order valence-electron chi connectivity index (χ3n) is 2.20. The molecule has 62 valence electrons. The van der Waals surface area contributed by atoms with Crippen molar-refractivity contribution in [3.05, 3.63) is 0 Å². The molecule has 0 aromatic carbocycles. The van der Waals surface area contributed by atoms with Gasteiger partial charge in [0, 0.05) is 7.11 Å². The predicted octanol–water partition coefficient (Wildman–Crippen LogP) is 1.25. The molecule has 0 aliphatic rings. The molecule has 0 aromatic rings. The van der Waals surface area contributed by atoms with E-state index in [9.17, 15) is 0 Å². The quantitative estimate of drug-likeness (QED) is 0.646. The second-order valence-electron chi connectivity index (χ2n) is 3.56. The summed E-state index contributed by atoms with van der Waals surface area (Å²) in [6.45, 7) is 8.02. The van der Waals surface area contributed by atoms with E-state index in [4.69, 9.17) is 10.5 Å². The monoisotopic (exact) mass is 145 g/mol. The van der Waals surface area contributed by atoms with E-state index >= 15 is 0 Å². The van der Waals surface area contributed by atoms with Crippen LogP contribution in [0.15, 0.2) is 0 Å². The summed E-state index contributed by atoms with van der Waals surface area (Å²) in [6.07, 6.45) is 0. The van der Waals surface area contributed by atoms with Gasteiger partial charge in [0.1, 0.15) is 0 Å². The average molecular weight is 145 g/mol. The molecule has 0 fully saturated rings. The van der Waals surface area contributed by atoms with Crippen LogP contribution in [0.25, 0.3) is 0 Å². The Balaban J connectivity index is 3.82. The van der Waals surface area contributed by atoms with E-state index in [0.29, 0.717) is 5.92 Å². The van der Waals surface area contributed by atoms with Crippen molar-refractivity contribution in [1.29, 1.82) is 0 Å². The molecule has 2 nitrogen and oxygen atoms in total. The summed E-state index contributed by atoms with van der Waals surface area (Å²) in [7, 11) is 1.73. The molecule has 10 heavy (non-hydrogen) atoms. The first-order chi connectivity index (χ1) is 4.54. The summed E-state index contributed by atoms with van der Waals surface area (Å²) < 4.78 is 5.07. The van der Waals surface area contributed by atoms with Gasteiger partial charge < -0.3 is 10.5 Å². The topological polar surface area (TPSA) is 35.2 Å². The van der Waals surface area contributed by atoms with Crippen LogP contribution < -0.4 is 5.73 Å². The minimum absolute atomic E-state index is 0.212. The fraction of sp³-hybridized carbons (Fsp3) is 1.00. The SMILES string of the molecule is COCC(C)(C)[C@H](C)CN. The Kier molecular flexibility index (Phi) is 3.91. The lowest BCUT2D eigenvalue weighted by Gasteiger charge is -2.29. The number of nitrogens with two attached hydrogens (primary N) is 1. The van der Waals surface area contributed by atoms with Crippen LogP contribution in [-0.2, 0) is 4.74 Å². The lowest BCUT2D eigenvalue weighted by molar-refractivity contribution is 0.0684. The van der Waals surface area contributed by atoms with Crippen LogP contribution in [-0.4, -0.2) is 20.3 Å². The van der Waals surface area contributed by atoms with Crippen LogP contribution in [0.5, 0.6) is 0 Å². The molecule has 0 aliphatic heterocycles. The van der Waals surface area contributed by atoms with Crippen molar-refractivity contribution in [2.45, 2.75) is 20.8 Å². The Morgan fingerprint density at radius 1 is 1.50 bits per heavy atom. The van der Waals surface area contributed by atoms with Crippen LogP contribution in [0, 0.1) is 11.3 Å². The molecular formula is C8H19NO. The van der Waals surface area contributed by atoms with E-state index in [0.717, 1.165) is 13.2 Å². The average Bonchev–Trinajstić information content (AvgIpc) is 1.86. The number of hydrogen-bond donors (Lipinski definition) is 1. The lowest BCUT2D eigenvalue weighted by atomic mass is 9.81. The molecule has 0 spiro atoms. The lowest BCUT2D eigenvalue weighted by Crippen LogP contribution is -2.32. The van der Waals surface area contributed by atoms with Crippen LogP contribution in [0.2, 0.25) is 0 Å². The maximum Gasteiger partial charge on any atom is 0.0516 e. The summed E-state index contributed by atoms with van der Waals surface area (Å²) in [5.74, 6) is 0.521. The molecule has 1 atom stereocenters. The highest BCUT2D eigenvalue weighted by Gasteiger charge is 2.24. The van der Waals surface area contributed by atoms with E-state index < -0.39 is 0 Å². The molecule has 0 rings (SSSR count). The first-order valence-electron chi connectivity index (χ1n) is 3.73. The second kappa shape index (κ2) is 3.94. The number of rotatable bonds is 4. The molecule has 0 saturated heterocycles. The molecule has 0 amide bonds. The van der Waals surface area contributed by atoms with Gasteiger partial charge in [0.05, 0.1) is 6.61 Å². The van der Waals surface area contributed by atoms with Gasteiger partial charge in [0.15, 0.2) is 0 Å². The van der Waals surface area contributed by atoms with Gasteiger partial charge in [0.2, 0.25) is 0 Å². The highest BCUT2D eigenvalue weighted by molar-refractivity contribution is 4.74. The van der Waals surface area contributed by atoms with Crippen LogP contribution in [0.1, 0.15) is 20.8 Å². The summed E-state index contributed by atoms with van der Waals surface area (Å²) in [4.78, 5) is 0. The van der Waals surface area contributed by atoms with Crippen molar-refractivity contribution in [3.63, 3.8) is 0 Å². The van der Waals surface area contributed by atoms with E-state index in [1.54, 1.807) is 7.11 Å². The van der Waals surface area contributed by atoms with Crippen LogP contribution >= 0.6 is 0 Å². The van der Waals surface area contributed by atoms with Crippen LogP contribution in [0.4, 0.5) is 0 Å². The summed E-state index contributed by atoms with van der Waals surface area (Å²) in [5, 5.41) is 0. The maximum absolute atomic E-state index is 5.53. The summed E-state index contributed by atoms with van der Waals surface area (Å²) in [6, 6.07) is 0. The molecular weight excluding hydrogens is 126 g/mol. The van der Waals surface area contributed by atoms with Gasteiger partial charge in [0.25, 0.3) is 0 Å². The van der Waals surface area contributed by atoms with E-state index in [1.807, 2.05) is 0 Å². The van der Waals surface area contributed by atoms with Crippen LogP contribution in [0.3, 0.4) is 0 Å². The largest absolute Gasteiger partial charge is 0.384 e. The third-order valence-corrected chi connectivity index (χ3v) is 2.20. The number of methoxy groups -OCH3 is 1. The Morgan fingerprint density at radius 3 is 2.30 bits per heavy atom. The molecule has 2 N–H and O–H groups in total. The molecule has 0 saturated carbocycles. The minimum atomic E-state index is 0.212.